The van der Waals surface area contributed by atoms with E-state index in [1.54, 1.807) is 52.0 Å². The van der Waals surface area contributed by atoms with Gasteiger partial charge in [-0.2, -0.15) is 0 Å². The Balaban J connectivity index is 1.25. The van der Waals surface area contributed by atoms with Crippen molar-refractivity contribution in [2.75, 3.05) is 25.0 Å². The first-order chi connectivity index (χ1) is 40.5. The summed E-state index contributed by atoms with van der Waals surface area (Å²) >= 11 is 0. The normalized spacial score (nSPS) is 29.6. The Bertz CT molecular complexity index is 2730. The fraction of sp³-hybridized carbons (Fsp3) is 0.639. The topological polar surface area (TPSA) is 350 Å². The molecule has 5 aliphatic rings. The second kappa shape index (κ2) is 29.8. The van der Waals surface area contributed by atoms with Gasteiger partial charge in [-0.05, 0) is 118 Å². The Morgan fingerprint density at radius 2 is 1.05 bits per heavy atom. The molecule has 2 aromatic rings. The van der Waals surface area contributed by atoms with Crippen molar-refractivity contribution in [1.82, 2.24) is 57.9 Å². The molecule has 24 nitrogen and oxygen atoms in total. The standard InChI is InChI=1S/C61H92N14O10/c1-32(2)27-42-54(78)69-44(29-36-17-10-9-11-18-36)60(84)74-26-16-23-46(74)56(80)71-49(34(5)6)58(82)65-40(21-14-24-62)52(76)68-43(28-33(3)4)55(79)70-45-31-47-51-38(37-19-12-13-20-39(37)64-51)30-48(75(47)61(45)85)57(81)73-72-50(35(7)8)59(83)66-41(22-15-25-63)53(77)67-42/h9-13,17-20,32-35,38,40-51,64,72H,14-16,21-31,62-63H2,1-8H3,(H,65,82)(H,66,83)(H,67,77)(H,68,76)(H,69,78)(H,70,79)(H,71,80)(H,73,81)/t38?,40-,41-,42-,43-,44+,45-,46-,47+,48-,49-,50-,51?/m0/s1. The van der Waals surface area contributed by atoms with Crippen LogP contribution in [0.15, 0.2) is 54.6 Å². The van der Waals surface area contributed by atoms with Crippen LogP contribution in [0.4, 0.5) is 5.69 Å². The monoisotopic (exact) mass is 1180 g/mol. The minimum atomic E-state index is -1.22. The van der Waals surface area contributed by atoms with Crippen molar-refractivity contribution in [3.8, 4) is 0 Å². The number of carbonyl (C=O) groups is 10. The highest BCUT2D eigenvalue weighted by molar-refractivity contribution is 6.00. The molecule has 0 saturated carbocycles. The van der Waals surface area contributed by atoms with Crippen molar-refractivity contribution in [2.45, 2.75) is 204 Å². The highest BCUT2D eigenvalue weighted by Crippen LogP contribution is 2.48. The molecule has 4 saturated heterocycles. The molecule has 0 radical (unpaired) electrons. The van der Waals surface area contributed by atoms with Gasteiger partial charge in [0.2, 0.25) is 53.2 Å². The Hall–Kier alpha value is -7.18. The lowest BCUT2D eigenvalue weighted by Gasteiger charge is -2.43. The summed E-state index contributed by atoms with van der Waals surface area (Å²) in [5.41, 5.74) is 20.1. The molecule has 13 atom stereocenters. The van der Waals surface area contributed by atoms with Gasteiger partial charge in [0.25, 0.3) is 5.91 Å². The smallest absolute Gasteiger partial charge is 0.256 e. The molecule has 85 heavy (non-hydrogen) atoms. The van der Waals surface area contributed by atoms with Gasteiger partial charge in [-0.1, -0.05) is 104 Å². The van der Waals surface area contributed by atoms with Gasteiger partial charge in [0.15, 0.2) is 0 Å². The number of amides is 10. The van der Waals surface area contributed by atoms with Gasteiger partial charge < -0.3 is 63.8 Å². The Morgan fingerprint density at radius 3 is 1.62 bits per heavy atom. The number of hydrogen-bond acceptors (Lipinski definition) is 14. The lowest BCUT2D eigenvalue weighted by atomic mass is 9.80. The molecule has 2 aromatic carbocycles. The molecule has 2 unspecified atom stereocenters. The van der Waals surface area contributed by atoms with Crippen molar-refractivity contribution in [3.05, 3.63) is 65.7 Å². The number of nitrogens with two attached hydrogens (primary N) is 2. The van der Waals surface area contributed by atoms with Crippen LogP contribution in [0.5, 0.6) is 0 Å². The first kappa shape index (κ1) is 65.4. The van der Waals surface area contributed by atoms with Crippen molar-refractivity contribution >= 4 is 64.8 Å². The third kappa shape index (κ3) is 16.2. The third-order valence-electron chi connectivity index (χ3n) is 17.0. The van der Waals surface area contributed by atoms with E-state index in [0.717, 1.165) is 11.3 Å². The fourth-order valence-corrected chi connectivity index (χ4v) is 12.6. The average molecular weight is 1180 g/mol. The molecule has 466 valence electrons. The van der Waals surface area contributed by atoms with Crippen LogP contribution in [-0.4, -0.2) is 161 Å². The van der Waals surface area contributed by atoms with Gasteiger partial charge >= 0.3 is 0 Å². The molecule has 2 bridgehead atoms. The molecule has 24 heteroatoms. The molecular weight excluding hydrogens is 1090 g/mol. The molecule has 5 heterocycles. The number of hydrogen-bond donors (Lipinski definition) is 12. The zero-order valence-electron chi connectivity index (χ0n) is 50.5. The Morgan fingerprint density at radius 1 is 0.518 bits per heavy atom. The van der Waals surface area contributed by atoms with Crippen molar-refractivity contribution in [3.63, 3.8) is 0 Å². The van der Waals surface area contributed by atoms with Crippen molar-refractivity contribution in [2.24, 2.45) is 35.1 Å². The number of anilines is 1. The summed E-state index contributed by atoms with van der Waals surface area (Å²) in [6, 6.07) is 4.29. The summed E-state index contributed by atoms with van der Waals surface area (Å²) in [6.07, 6.45) is 2.10. The van der Waals surface area contributed by atoms with E-state index in [1.807, 2.05) is 58.0 Å². The first-order valence-electron chi connectivity index (χ1n) is 30.6. The third-order valence-corrected chi connectivity index (χ3v) is 17.0. The minimum absolute atomic E-state index is 0.0272. The van der Waals surface area contributed by atoms with Gasteiger partial charge in [0, 0.05) is 24.6 Å². The maximum atomic E-state index is 14.9. The van der Waals surface area contributed by atoms with Crippen molar-refractivity contribution in [1.29, 1.82) is 0 Å². The molecule has 10 amide bonds. The second-order valence-corrected chi connectivity index (χ2v) is 25.1. The van der Waals surface area contributed by atoms with E-state index >= 15 is 0 Å². The first-order valence-corrected chi connectivity index (χ1v) is 30.6. The van der Waals surface area contributed by atoms with Gasteiger partial charge in [-0.15, -0.1) is 0 Å². The lowest BCUT2D eigenvalue weighted by molar-refractivity contribution is -0.144. The zero-order valence-corrected chi connectivity index (χ0v) is 50.5. The van der Waals surface area contributed by atoms with Crippen LogP contribution in [0.1, 0.15) is 137 Å². The van der Waals surface area contributed by atoms with Crippen LogP contribution < -0.4 is 64.9 Å². The van der Waals surface area contributed by atoms with E-state index in [1.165, 1.54) is 9.80 Å². The van der Waals surface area contributed by atoms with E-state index in [0.29, 0.717) is 24.8 Å². The number of hydrazine groups is 1. The predicted molar refractivity (Wildman–Crippen MR) is 319 cm³/mol. The molecule has 4 fully saturated rings. The molecular formula is C61H92N14O10. The molecule has 7 rings (SSSR count). The van der Waals surface area contributed by atoms with E-state index in [4.69, 9.17) is 11.5 Å². The van der Waals surface area contributed by atoms with Gasteiger partial charge in [-0.25, -0.2) is 5.43 Å². The lowest BCUT2D eigenvalue weighted by Crippen LogP contribution is -2.64. The van der Waals surface area contributed by atoms with Crippen LogP contribution in [0.25, 0.3) is 0 Å². The van der Waals surface area contributed by atoms with Crippen LogP contribution in [-0.2, 0) is 54.4 Å². The molecule has 0 aliphatic carbocycles. The van der Waals surface area contributed by atoms with Crippen LogP contribution in [0.3, 0.4) is 0 Å². The van der Waals surface area contributed by atoms with Gasteiger partial charge in [-0.3, -0.25) is 53.4 Å². The van der Waals surface area contributed by atoms with E-state index in [2.05, 4.69) is 53.4 Å². The number of rotatable bonds is 14. The summed E-state index contributed by atoms with van der Waals surface area (Å²) in [7, 11) is 0. The van der Waals surface area contributed by atoms with Crippen LogP contribution >= 0.6 is 0 Å². The summed E-state index contributed by atoms with van der Waals surface area (Å²) in [5, 5.41) is 23.7. The summed E-state index contributed by atoms with van der Waals surface area (Å²) < 4.78 is 0. The Labute approximate surface area is 499 Å². The number of carbonyl (C=O) groups excluding carboxylic acids is 10. The van der Waals surface area contributed by atoms with Crippen molar-refractivity contribution < 1.29 is 47.9 Å². The highest BCUT2D eigenvalue weighted by atomic mass is 16.2. The van der Waals surface area contributed by atoms with E-state index < -0.39 is 137 Å². The minimum Gasteiger partial charge on any atom is -0.379 e. The summed E-state index contributed by atoms with van der Waals surface area (Å²) in [4.78, 5) is 149. The summed E-state index contributed by atoms with van der Waals surface area (Å²) in [5.74, 6) is -7.79. The number of nitrogens with zero attached hydrogens (tertiary/aromatic N) is 2. The SMILES string of the molecule is CC(C)C[C@@H]1NC(=O)[C@H](CCCN)NC(=O)[C@H](C(C)C)NC(=O)[C@@H]2CCCN2C(=O)[C@@H](Cc2ccccc2)NC(=O)[C@H](CC(C)C)NC(=O)[C@H](CCCN)NC(=O)[C@H](C(C)C)NNC(=O)[C@@H]2CC3c4ccccc4NC3[C@H]3C[C@H](NC1=O)C(=O)N32. The fourth-order valence-electron chi connectivity index (χ4n) is 12.6. The van der Waals surface area contributed by atoms with Crippen LogP contribution in [0.2, 0.25) is 0 Å². The summed E-state index contributed by atoms with van der Waals surface area (Å²) in [6.45, 7) is 15.0. The molecule has 0 aromatic heterocycles. The molecule has 0 spiro atoms. The average Bonchev–Trinajstić information content (AvgIpc) is 1.64. The maximum Gasteiger partial charge on any atom is 0.256 e. The predicted octanol–water partition coefficient (Wildman–Crippen LogP) is 0.450. The number of fused-ring (bicyclic) bond motifs is 6. The Kier molecular flexibility index (Phi) is 22.9. The van der Waals surface area contributed by atoms with Gasteiger partial charge in [0.05, 0.1) is 12.1 Å². The molecule has 14 N–H and O–H groups in total. The van der Waals surface area contributed by atoms with E-state index in [9.17, 15) is 47.9 Å². The van der Waals surface area contributed by atoms with Crippen LogP contribution in [0, 0.1) is 23.7 Å². The van der Waals surface area contributed by atoms with Gasteiger partial charge in [0.1, 0.15) is 60.4 Å². The number of para-hydroxylation sites is 1. The maximum absolute atomic E-state index is 14.9. The number of piperidine rings is 1. The number of benzene rings is 2. The zero-order chi connectivity index (χ0) is 61.8. The highest BCUT2D eigenvalue weighted by Gasteiger charge is 2.57. The second-order valence-electron chi connectivity index (χ2n) is 25.1. The quantitative estimate of drug-likeness (QED) is 0.122. The number of nitrogens with one attached hydrogen (secondary N) is 10. The van der Waals surface area contributed by atoms with E-state index in [-0.39, 0.29) is 94.8 Å². The molecule has 5 aliphatic heterocycles. The largest absolute Gasteiger partial charge is 0.379 e.